The van der Waals surface area contributed by atoms with Crippen molar-refractivity contribution < 1.29 is 14.3 Å². The number of rotatable bonds is 8. The Hall–Kier alpha value is -2.36. The van der Waals surface area contributed by atoms with Gasteiger partial charge in [-0.3, -0.25) is 9.78 Å². The summed E-state index contributed by atoms with van der Waals surface area (Å²) in [5.41, 5.74) is 4.34. The van der Waals surface area contributed by atoms with Gasteiger partial charge in [-0.2, -0.15) is 0 Å². The summed E-state index contributed by atoms with van der Waals surface area (Å²) in [6.45, 7) is 6.77. The number of aromatic nitrogens is 1. The summed E-state index contributed by atoms with van der Waals surface area (Å²) in [5, 5.41) is 0. The number of ether oxygens (including phenoxy) is 2. The third-order valence-corrected chi connectivity index (χ3v) is 3.56. The Morgan fingerprint density at radius 1 is 1.04 bits per heavy atom. The molecule has 0 aliphatic rings. The number of esters is 1. The van der Waals surface area contributed by atoms with E-state index in [1.165, 1.54) is 0 Å². The highest BCUT2D eigenvalue weighted by molar-refractivity contribution is 5.69. The van der Waals surface area contributed by atoms with Gasteiger partial charge < -0.3 is 9.47 Å². The van der Waals surface area contributed by atoms with Crippen LogP contribution in [0, 0.1) is 20.8 Å². The normalized spacial score (nSPS) is 10.5. The first-order valence-corrected chi connectivity index (χ1v) is 8.32. The lowest BCUT2D eigenvalue weighted by Gasteiger charge is -2.08. The summed E-state index contributed by atoms with van der Waals surface area (Å²) < 4.78 is 10.8. The minimum Gasteiger partial charge on any atom is -0.493 e. The van der Waals surface area contributed by atoms with Crippen LogP contribution in [0.3, 0.4) is 0 Å². The van der Waals surface area contributed by atoms with E-state index in [1.54, 1.807) is 0 Å². The minimum absolute atomic E-state index is 0.225. The van der Waals surface area contributed by atoms with Gasteiger partial charge in [0.15, 0.2) is 0 Å². The minimum atomic E-state index is -0.225. The van der Waals surface area contributed by atoms with Crippen LogP contribution in [0.5, 0.6) is 5.75 Å². The number of carbonyl (C=O) groups is 1. The molecule has 4 heteroatoms. The zero-order valence-electron chi connectivity index (χ0n) is 14.7. The number of hydrogen-bond donors (Lipinski definition) is 0. The van der Waals surface area contributed by atoms with Crippen LogP contribution in [0.15, 0.2) is 36.4 Å². The van der Waals surface area contributed by atoms with Crippen LogP contribution in [0.1, 0.15) is 35.4 Å². The van der Waals surface area contributed by atoms with E-state index in [2.05, 4.69) is 11.1 Å². The number of aryl methyl sites for hydroxylation is 4. The van der Waals surface area contributed by atoms with Crippen molar-refractivity contribution in [1.82, 2.24) is 4.98 Å². The van der Waals surface area contributed by atoms with Gasteiger partial charge in [0, 0.05) is 11.4 Å². The molecule has 0 spiro atoms. The van der Waals surface area contributed by atoms with Gasteiger partial charge in [0.25, 0.3) is 0 Å². The van der Waals surface area contributed by atoms with Gasteiger partial charge in [0.05, 0.1) is 19.6 Å². The second-order valence-corrected chi connectivity index (χ2v) is 6.02. The molecule has 0 aliphatic heterocycles. The molecule has 0 fully saturated rings. The maximum absolute atomic E-state index is 11.7. The van der Waals surface area contributed by atoms with Crippen molar-refractivity contribution >= 4 is 5.97 Å². The Labute approximate surface area is 143 Å². The third kappa shape index (κ3) is 6.41. The average Bonchev–Trinajstić information content (AvgIpc) is 2.51. The van der Waals surface area contributed by atoms with E-state index in [0.717, 1.165) is 41.1 Å². The smallest absolute Gasteiger partial charge is 0.309 e. The Morgan fingerprint density at radius 3 is 2.50 bits per heavy atom. The zero-order chi connectivity index (χ0) is 17.4. The van der Waals surface area contributed by atoms with E-state index < -0.39 is 0 Å². The monoisotopic (exact) mass is 327 g/mol. The maximum Gasteiger partial charge on any atom is 0.309 e. The van der Waals surface area contributed by atoms with E-state index in [0.29, 0.717) is 13.2 Å². The van der Waals surface area contributed by atoms with Crippen LogP contribution in [0.25, 0.3) is 0 Å². The van der Waals surface area contributed by atoms with E-state index in [4.69, 9.17) is 9.47 Å². The molecule has 0 unspecified atom stereocenters. The molecule has 0 atom stereocenters. The van der Waals surface area contributed by atoms with Gasteiger partial charge in [-0.25, -0.2) is 0 Å². The predicted molar refractivity (Wildman–Crippen MR) is 94.3 cm³/mol. The first kappa shape index (κ1) is 18.0. The molecule has 1 heterocycles. The number of hydrogen-bond acceptors (Lipinski definition) is 4. The Balaban J connectivity index is 1.61. The second kappa shape index (κ2) is 9.06. The third-order valence-electron chi connectivity index (χ3n) is 3.56. The van der Waals surface area contributed by atoms with Crippen LogP contribution >= 0.6 is 0 Å². The summed E-state index contributed by atoms with van der Waals surface area (Å²) in [7, 11) is 0. The first-order chi connectivity index (χ1) is 11.5. The molecule has 0 aliphatic carbocycles. The molecule has 0 saturated heterocycles. The van der Waals surface area contributed by atoms with Crippen LogP contribution in [0.2, 0.25) is 0 Å². The van der Waals surface area contributed by atoms with Crippen molar-refractivity contribution in [2.24, 2.45) is 0 Å². The van der Waals surface area contributed by atoms with Crippen molar-refractivity contribution in [1.29, 1.82) is 0 Å². The summed E-state index contributed by atoms with van der Waals surface area (Å²) in [5.74, 6) is 0.572. The largest absolute Gasteiger partial charge is 0.493 e. The Morgan fingerprint density at radius 2 is 1.79 bits per heavy atom. The van der Waals surface area contributed by atoms with Gasteiger partial charge in [-0.15, -0.1) is 0 Å². The molecule has 2 rings (SSSR count). The number of pyridine rings is 1. The molecule has 128 valence electrons. The Bertz CT molecular complexity index is 662. The summed E-state index contributed by atoms with van der Waals surface area (Å²) >= 11 is 0. The molecule has 0 saturated carbocycles. The van der Waals surface area contributed by atoms with Crippen LogP contribution < -0.4 is 4.74 Å². The fourth-order valence-electron chi connectivity index (χ4n) is 2.52. The number of nitrogens with zero attached hydrogens (tertiary/aromatic N) is 1. The maximum atomic E-state index is 11.7. The van der Waals surface area contributed by atoms with Crippen molar-refractivity contribution in [2.45, 2.75) is 40.0 Å². The van der Waals surface area contributed by atoms with Crippen LogP contribution in [-0.4, -0.2) is 24.2 Å². The Kier molecular flexibility index (Phi) is 6.79. The molecule has 0 bridgehead atoms. The van der Waals surface area contributed by atoms with E-state index in [9.17, 15) is 4.79 Å². The van der Waals surface area contributed by atoms with Crippen molar-refractivity contribution in [3.63, 3.8) is 0 Å². The average molecular weight is 327 g/mol. The highest BCUT2D eigenvalue weighted by Gasteiger charge is 2.05. The lowest BCUT2D eigenvalue weighted by molar-refractivity contribution is -0.144. The SMILES string of the molecule is Cc1cc(C)cc(OCCC(=O)OCCCc2cccc(C)n2)c1. The highest BCUT2D eigenvalue weighted by atomic mass is 16.5. The molecule has 24 heavy (non-hydrogen) atoms. The summed E-state index contributed by atoms with van der Waals surface area (Å²) in [4.78, 5) is 16.1. The van der Waals surface area contributed by atoms with Gasteiger partial charge in [0.1, 0.15) is 5.75 Å². The van der Waals surface area contributed by atoms with Gasteiger partial charge in [-0.05, 0) is 69.0 Å². The van der Waals surface area contributed by atoms with Gasteiger partial charge in [-0.1, -0.05) is 12.1 Å². The number of benzene rings is 1. The standard InChI is InChI=1S/C20H25NO3/c1-15-12-16(2)14-19(13-15)23-11-9-20(22)24-10-5-8-18-7-4-6-17(3)21-18/h4,6-7,12-14H,5,8-11H2,1-3H3. The summed E-state index contributed by atoms with van der Waals surface area (Å²) in [6, 6.07) is 12.0. The molecular formula is C20H25NO3. The molecule has 0 amide bonds. The second-order valence-electron chi connectivity index (χ2n) is 6.02. The van der Waals surface area contributed by atoms with E-state index in [1.807, 2.05) is 51.1 Å². The van der Waals surface area contributed by atoms with E-state index >= 15 is 0 Å². The van der Waals surface area contributed by atoms with Crippen molar-refractivity contribution in [3.8, 4) is 5.75 Å². The lowest BCUT2D eigenvalue weighted by Crippen LogP contribution is -2.11. The first-order valence-electron chi connectivity index (χ1n) is 8.32. The molecule has 1 aromatic carbocycles. The topological polar surface area (TPSA) is 48.4 Å². The van der Waals surface area contributed by atoms with Gasteiger partial charge >= 0.3 is 5.97 Å². The quantitative estimate of drug-likeness (QED) is 0.544. The summed E-state index contributed by atoms with van der Waals surface area (Å²) in [6.07, 6.45) is 1.85. The zero-order valence-corrected chi connectivity index (χ0v) is 14.7. The molecule has 4 nitrogen and oxygen atoms in total. The van der Waals surface area contributed by atoms with Crippen molar-refractivity contribution in [3.05, 3.63) is 58.9 Å². The van der Waals surface area contributed by atoms with Crippen LogP contribution in [0.4, 0.5) is 0 Å². The van der Waals surface area contributed by atoms with Crippen molar-refractivity contribution in [2.75, 3.05) is 13.2 Å². The fourth-order valence-corrected chi connectivity index (χ4v) is 2.52. The highest BCUT2D eigenvalue weighted by Crippen LogP contribution is 2.16. The molecule has 1 aromatic heterocycles. The van der Waals surface area contributed by atoms with E-state index in [-0.39, 0.29) is 12.4 Å². The molecule has 0 N–H and O–H groups in total. The molecule has 2 aromatic rings. The number of carbonyl (C=O) groups excluding carboxylic acids is 1. The molecule has 0 radical (unpaired) electrons. The fraction of sp³-hybridized carbons (Fsp3) is 0.400. The molecular weight excluding hydrogens is 302 g/mol. The predicted octanol–water partition coefficient (Wildman–Crippen LogP) is 3.95. The van der Waals surface area contributed by atoms with Crippen LogP contribution in [-0.2, 0) is 16.0 Å². The van der Waals surface area contributed by atoms with Gasteiger partial charge in [0.2, 0.25) is 0 Å². The lowest BCUT2D eigenvalue weighted by atomic mass is 10.1.